The van der Waals surface area contributed by atoms with Crippen molar-refractivity contribution < 1.29 is 4.52 Å². The first-order valence-corrected chi connectivity index (χ1v) is 6.34. The highest BCUT2D eigenvalue weighted by Gasteiger charge is 2.35. The van der Waals surface area contributed by atoms with Gasteiger partial charge in [-0.05, 0) is 0 Å². The molecule has 3 nitrogen and oxygen atoms in total. The summed E-state index contributed by atoms with van der Waals surface area (Å²) >= 11 is 0. The van der Waals surface area contributed by atoms with E-state index >= 15 is 0 Å². The lowest BCUT2D eigenvalue weighted by Crippen LogP contribution is -2.72. The predicted molar refractivity (Wildman–Crippen MR) is 107 cm³/mol. The van der Waals surface area contributed by atoms with E-state index in [1.165, 1.54) is 0 Å². The highest BCUT2D eigenvalue weighted by Crippen LogP contribution is 1.99. The highest BCUT2D eigenvalue weighted by molar-refractivity contribution is 8.10. The zero-order chi connectivity index (χ0) is 16.6. The van der Waals surface area contributed by atoms with Crippen LogP contribution in [-0.2, 0) is 0 Å². The van der Waals surface area contributed by atoms with Crippen molar-refractivity contribution in [3.63, 3.8) is 0 Å². The lowest BCUT2D eigenvalue weighted by Gasteiger charge is -2.34. The van der Waals surface area contributed by atoms with E-state index in [1.54, 1.807) is 12.5 Å². The van der Waals surface area contributed by atoms with Gasteiger partial charge in [0.1, 0.15) is 6.26 Å². The predicted octanol–water partition coefficient (Wildman–Crippen LogP) is -4.61. The molecule has 0 aliphatic heterocycles. The molecule has 1 heterocycles. The Kier molecular flexibility index (Phi) is 10.6. The molecule has 1 aromatic heterocycles. The average Bonchev–Trinajstić information content (AvgIpc) is 2.87. The number of aromatic nitrogens is 1. The van der Waals surface area contributed by atoms with Crippen LogP contribution >= 0.6 is 0 Å². The van der Waals surface area contributed by atoms with E-state index in [4.69, 9.17) is 61.9 Å². The molecule has 0 spiro atoms. The molecular weight excluding hydrogens is 243 g/mol. The van der Waals surface area contributed by atoms with E-state index in [0.29, 0.717) is 0 Å². The maximum Gasteiger partial charge on any atom is 0.146 e. The van der Waals surface area contributed by atoms with Crippen molar-refractivity contribution in [3.8, 4) is 0 Å². The van der Waals surface area contributed by atoms with Crippen LogP contribution in [-0.4, -0.2) is 112 Å². The summed E-state index contributed by atoms with van der Waals surface area (Å²) in [6, 6.07) is 0. The third-order valence-corrected chi connectivity index (χ3v) is 2.94. The van der Waals surface area contributed by atoms with Crippen molar-refractivity contribution in [2.24, 2.45) is 0 Å². The Hall–Kier alpha value is -0.0809. The van der Waals surface area contributed by atoms with Gasteiger partial charge in [0.05, 0.1) is 11.9 Å². The molecule has 1 rings (SSSR count). The Morgan fingerprint density at radius 1 is 0.857 bits per heavy atom. The third kappa shape index (κ3) is 7.65. The molecule has 0 unspecified atom stereocenters. The lowest BCUT2D eigenvalue weighted by molar-refractivity contribution is 0.420. The van der Waals surface area contributed by atoms with Gasteiger partial charge in [0.2, 0.25) is 0 Å². The SMILES string of the molecule is CNc1cnoc1.[B]B([B])B(B([B])[B])B(B([B])[B])B([B])[B]. The fraction of sp³-hybridized carbons (Fsp3) is 0.250. The summed E-state index contributed by atoms with van der Waals surface area (Å²) in [5.74, 6) is 0. The van der Waals surface area contributed by atoms with Gasteiger partial charge in [-0.25, -0.2) is 0 Å². The Morgan fingerprint density at radius 2 is 1.24 bits per heavy atom. The Morgan fingerprint density at radius 3 is 1.38 bits per heavy atom. The molecule has 1 aromatic rings. The van der Waals surface area contributed by atoms with E-state index in [1.807, 2.05) is 7.05 Å². The van der Waals surface area contributed by atoms with Gasteiger partial charge >= 0.3 is 0 Å². The van der Waals surface area contributed by atoms with Crippen molar-refractivity contribution >= 4 is 106 Å². The molecule has 0 fully saturated rings. The summed E-state index contributed by atoms with van der Waals surface area (Å²) in [7, 11) is 45.9. The van der Waals surface area contributed by atoms with E-state index in [9.17, 15) is 0 Å². The van der Waals surface area contributed by atoms with Crippen LogP contribution in [0.3, 0.4) is 0 Å². The van der Waals surface area contributed by atoms with Crippen molar-refractivity contribution in [3.05, 3.63) is 12.5 Å². The van der Waals surface area contributed by atoms with Gasteiger partial charge < -0.3 is 9.84 Å². The van der Waals surface area contributed by atoms with Crippen LogP contribution in [0.1, 0.15) is 0 Å². The standard InChI is InChI=1S/C4H6N2O.B14/c1-5-4-2-6-7-3-4;1-9(2)13(10(3)4)14(11(5)6)12(7)8/h2-3,5H,1H3;. The number of nitrogens with one attached hydrogen (secondary N) is 1. The minimum atomic E-state index is -0.760. The molecule has 0 saturated carbocycles. The van der Waals surface area contributed by atoms with Crippen molar-refractivity contribution in [1.29, 1.82) is 0 Å². The fourth-order valence-corrected chi connectivity index (χ4v) is 1.87. The van der Waals surface area contributed by atoms with Crippen LogP contribution in [0.15, 0.2) is 17.0 Å². The number of nitrogens with zero attached hydrogens (tertiary/aromatic N) is 1. The molecule has 80 valence electrons. The molecule has 0 atom stereocenters. The summed E-state index contributed by atoms with van der Waals surface area (Å²) in [5, 5.41) is 6.31. The molecular formula is C4H6B14N2O. The number of hydrogen-bond donors (Lipinski definition) is 1. The second-order valence-corrected chi connectivity index (χ2v) is 4.63. The third-order valence-electron chi connectivity index (χ3n) is 2.94. The smallest absolute Gasteiger partial charge is 0.146 e. The minimum Gasteiger partial charge on any atom is -0.384 e. The minimum absolute atomic E-state index is 0.519. The van der Waals surface area contributed by atoms with Crippen LogP contribution in [0, 0.1) is 0 Å². The topological polar surface area (TPSA) is 38.1 Å². The van der Waals surface area contributed by atoms with Gasteiger partial charge in [-0.1, -0.05) is 5.16 Å². The quantitative estimate of drug-likeness (QED) is 0.516. The maximum atomic E-state index is 5.51. The van der Waals surface area contributed by atoms with Gasteiger partial charge in [0, 0.05) is 107 Å². The van der Waals surface area contributed by atoms with Gasteiger partial charge in [0.25, 0.3) is 0 Å². The Bertz CT molecular complexity index is 322. The van der Waals surface area contributed by atoms with Gasteiger partial charge in [0.15, 0.2) is 0 Å². The summed E-state index contributed by atoms with van der Waals surface area (Å²) in [4.78, 5) is 0. The second-order valence-electron chi connectivity index (χ2n) is 4.63. The molecule has 0 aliphatic rings. The zero-order valence-electron chi connectivity index (χ0n) is 12.1. The van der Waals surface area contributed by atoms with E-state index in [-0.39, 0.29) is 0 Å². The maximum absolute atomic E-state index is 5.51. The number of hydrogen-bond acceptors (Lipinski definition) is 3. The molecule has 0 aliphatic carbocycles. The lowest BCUT2D eigenvalue weighted by atomic mass is 8.47. The first-order valence-electron chi connectivity index (χ1n) is 6.34. The van der Waals surface area contributed by atoms with Crippen molar-refractivity contribution in [1.82, 2.24) is 5.16 Å². The van der Waals surface area contributed by atoms with Crippen LogP contribution in [0.25, 0.3) is 0 Å². The fourth-order valence-electron chi connectivity index (χ4n) is 1.87. The summed E-state index contributed by atoms with van der Waals surface area (Å²) in [6.07, 6.45) is -0.924. The molecule has 16 radical (unpaired) electrons. The van der Waals surface area contributed by atoms with Crippen LogP contribution < -0.4 is 5.32 Å². The number of anilines is 1. The Labute approximate surface area is 140 Å². The first-order chi connectivity index (χ1) is 9.72. The molecule has 0 aromatic carbocycles. The average molecular weight is 249 g/mol. The van der Waals surface area contributed by atoms with E-state index in [0.717, 1.165) is 5.69 Å². The normalized spacial score (nSPS) is 8.81. The molecule has 1 N–H and O–H groups in total. The van der Waals surface area contributed by atoms with Crippen molar-refractivity contribution in [2.45, 2.75) is 0 Å². The molecule has 0 bridgehead atoms. The summed E-state index contributed by atoms with van der Waals surface area (Å²) < 4.78 is 4.49. The van der Waals surface area contributed by atoms with Crippen molar-refractivity contribution in [2.75, 3.05) is 12.4 Å². The Balaban J connectivity index is 0.000000471. The largest absolute Gasteiger partial charge is 0.384 e. The first kappa shape index (κ1) is 20.9. The molecule has 0 amide bonds. The van der Waals surface area contributed by atoms with Crippen LogP contribution in [0.4, 0.5) is 5.69 Å². The second kappa shape index (κ2) is 10.6. The van der Waals surface area contributed by atoms with Gasteiger partial charge in [-0.15, -0.1) is 0 Å². The molecule has 17 heteroatoms. The highest BCUT2D eigenvalue weighted by atomic mass is 16.5. The summed E-state index contributed by atoms with van der Waals surface area (Å²) in [5.41, 5.74) is 0.903. The molecule has 0 saturated heterocycles. The zero-order valence-corrected chi connectivity index (χ0v) is 12.1. The van der Waals surface area contributed by atoms with E-state index < -0.39 is 38.3 Å². The molecule has 21 heavy (non-hydrogen) atoms. The van der Waals surface area contributed by atoms with Crippen LogP contribution in [0.5, 0.6) is 0 Å². The van der Waals surface area contributed by atoms with Gasteiger partial charge in [-0.2, -0.15) is 0 Å². The van der Waals surface area contributed by atoms with E-state index in [2.05, 4.69) is 15.0 Å². The van der Waals surface area contributed by atoms with Gasteiger partial charge in [-0.3, -0.25) is 0 Å². The monoisotopic (exact) mass is 252 g/mol. The number of rotatable bonds is 6. The summed E-state index contributed by atoms with van der Waals surface area (Å²) in [6.45, 7) is 0. The van der Waals surface area contributed by atoms with Crippen LogP contribution in [0.2, 0.25) is 0 Å².